The molecule has 1 saturated carbocycles. The van der Waals surface area contributed by atoms with Gasteiger partial charge in [0.1, 0.15) is 0 Å². The number of amides is 1. The lowest BCUT2D eigenvalue weighted by atomic mass is 9.78. The van der Waals surface area contributed by atoms with Crippen LogP contribution in [0, 0.1) is 11.3 Å². The van der Waals surface area contributed by atoms with Crippen LogP contribution in [-0.2, 0) is 14.8 Å². The molecule has 0 aromatic carbocycles. The van der Waals surface area contributed by atoms with Gasteiger partial charge < -0.3 is 4.90 Å². The Morgan fingerprint density at radius 2 is 1.83 bits per heavy atom. The summed E-state index contributed by atoms with van der Waals surface area (Å²) in [4.78, 5) is 15.0. The molecular formula is C17H30N2O3S. The SMILES string of the molecule is CS(=O)(=O)N1CCC2(CCCN(CCC3CCCCC3)C2=O)C1. The maximum atomic E-state index is 13.0. The first-order valence-electron chi connectivity index (χ1n) is 9.15. The molecule has 2 aliphatic heterocycles. The van der Waals surface area contributed by atoms with Crippen LogP contribution in [0.5, 0.6) is 0 Å². The van der Waals surface area contributed by atoms with Crippen molar-refractivity contribution in [3.63, 3.8) is 0 Å². The van der Waals surface area contributed by atoms with Gasteiger partial charge in [-0.25, -0.2) is 12.7 Å². The first-order chi connectivity index (χ1) is 10.9. The fourth-order valence-electron chi connectivity index (χ4n) is 4.68. The van der Waals surface area contributed by atoms with Gasteiger partial charge in [-0.3, -0.25) is 4.79 Å². The Labute approximate surface area is 140 Å². The quantitative estimate of drug-likeness (QED) is 0.787. The Morgan fingerprint density at radius 1 is 1.09 bits per heavy atom. The number of hydrogen-bond donors (Lipinski definition) is 0. The molecule has 0 N–H and O–H groups in total. The lowest BCUT2D eigenvalue weighted by molar-refractivity contribution is -0.145. The summed E-state index contributed by atoms with van der Waals surface area (Å²) in [5.41, 5.74) is -0.437. The van der Waals surface area contributed by atoms with Gasteiger partial charge in [0.25, 0.3) is 0 Å². The zero-order valence-electron chi connectivity index (χ0n) is 14.3. The van der Waals surface area contributed by atoms with Crippen LogP contribution in [0.1, 0.15) is 57.8 Å². The summed E-state index contributed by atoms with van der Waals surface area (Å²) in [6.45, 7) is 2.61. The summed E-state index contributed by atoms with van der Waals surface area (Å²) in [6.07, 6.45) is 11.6. The molecule has 3 rings (SSSR count). The molecule has 1 aliphatic carbocycles. The van der Waals surface area contributed by atoms with Gasteiger partial charge in [-0.1, -0.05) is 32.1 Å². The van der Waals surface area contributed by atoms with Crippen LogP contribution in [-0.4, -0.2) is 56.0 Å². The molecule has 1 amide bonds. The van der Waals surface area contributed by atoms with E-state index in [0.717, 1.165) is 38.3 Å². The van der Waals surface area contributed by atoms with E-state index in [-0.39, 0.29) is 5.91 Å². The van der Waals surface area contributed by atoms with Crippen LogP contribution in [0.2, 0.25) is 0 Å². The maximum absolute atomic E-state index is 13.0. The van der Waals surface area contributed by atoms with Gasteiger partial charge in [-0.05, 0) is 31.6 Å². The maximum Gasteiger partial charge on any atom is 0.230 e. The fourth-order valence-corrected chi connectivity index (χ4v) is 5.58. The average Bonchev–Trinajstić information content (AvgIpc) is 2.95. The minimum absolute atomic E-state index is 0.214. The largest absolute Gasteiger partial charge is 0.342 e. The van der Waals surface area contributed by atoms with E-state index in [1.807, 2.05) is 4.90 Å². The summed E-state index contributed by atoms with van der Waals surface area (Å²) in [6, 6.07) is 0. The van der Waals surface area contributed by atoms with Crippen molar-refractivity contribution >= 4 is 15.9 Å². The van der Waals surface area contributed by atoms with Gasteiger partial charge >= 0.3 is 0 Å². The Hall–Kier alpha value is -0.620. The molecule has 2 saturated heterocycles. The highest BCUT2D eigenvalue weighted by atomic mass is 32.2. The highest BCUT2D eigenvalue weighted by molar-refractivity contribution is 7.88. The van der Waals surface area contributed by atoms with E-state index < -0.39 is 15.4 Å². The number of carbonyl (C=O) groups is 1. The molecule has 1 unspecified atom stereocenters. The molecule has 1 atom stereocenters. The third-order valence-corrected chi connectivity index (χ3v) is 7.39. The Balaban J connectivity index is 1.60. The van der Waals surface area contributed by atoms with Crippen molar-refractivity contribution in [2.24, 2.45) is 11.3 Å². The van der Waals surface area contributed by atoms with E-state index in [1.165, 1.54) is 42.7 Å². The predicted molar refractivity (Wildman–Crippen MR) is 90.5 cm³/mol. The molecule has 5 nitrogen and oxygen atoms in total. The lowest BCUT2D eigenvalue weighted by Gasteiger charge is -2.40. The summed E-state index contributed by atoms with van der Waals surface area (Å²) in [5, 5.41) is 0. The number of likely N-dealkylation sites (tertiary alicyclic amines) is 1. The van der Waals surface area contributed by atoms with Crippen LogP contribution in [0.3, 0.4) is 0 Å². The molecule has 0 radical (unpaired) electrons. The second-order valence-electron chi connectivity index (χ2n) is 7.82. The predicted octanol–water partition coefficient (Wildman–Crippen LogP) is 2.23. The molecule has 0 aromatic heterocycles. The van der Waals surface area contributed by atoms with Gasteiger partial charge in [-0.15, -0.1) is 0 Å². The molecule has 0 aromatic rings. The molecule has 1 spiro atoms. The Kier molecular flexibility index (Phi) is 5.02. The van der Waals surface area contributed by atoms with Crippen molar-refractivity contribution in [2.45, 2.75) is 57.8 Å². The number of nitrogens with zero attached hydrogens (tertiary/aromatic N) is 2. The number of hydrogen-bond acceptors (Lipinski definition) is 3. The molecule has 132 valence electrons. The normalized spacial score (nSPS) is 31.2. The number of piperidine rings is 1. The van der Waals surface area contributed by atoms with Gasteiger partial charge in [0, 0.05) is 26.2 Å². The molecule has 3 aliphatic rings. The molecule has 0 bridgehead atoms. The van der Waals surface area contributed by atoms with E-state index >= 15 is 0 Å². The third kappa shape index (κ3) is 3.73. The summed E-state index contributed by atoms with van der Waals surface area (Å²) in [5.74, 6) is 0.997. The molecular weight excluding hydrogens is 312 g/mol. The van der Waals surface area contributed by atoms with Crippen molar-refractivity contribution in [1.29, 1.82) is 0 Å². The molecule has 3 fully saturated rings. The monoisotopic (exact) mass is 342 g/mol. The van der Waals surface area contributed by atoms with Gasteiger partial charge in [0.2, 0.25) is 15.9 Å². The minimum atomic E-state index is -3.19. The smallest absolute Gasteiger partial charge is 0.230 e. The van der Waals surface area contributed by atoms with Gasteiger partial charge in [0.15, 0.2) is 0 Å². The topological polar surface area (TPSA) is 57.7 Å². The second kappa shape index (κ2) is 6.71. The zero-order chi connectivity index (χ0) is 16.5. The first kappa shape index (κ1) is 17.2. The van der Waals surface area contributed by atoms with Crippen molar-refractivity contribution in [1.82, 2.24) is 9.21 Å². The van der Waals surface area contributed by atoms with E-state index in [1.54, 1.807) is 0 Å². The fraction of sp³-hybridized carbons (Fsp3) is 0.941. The van der Waals surface area contributed by atoms with Crippen LogP contribution >= 0.6 is 0 Å². The van der Waals surface area contributed by atoms with Crippen LogP contribution in [0.25, 0.3) is 0 Å². The average molecular weight is 343 g/mol. The first-order valence-corrected chi connectivity index (χ1v) is 11.0. The molecule has 6 heteroatoms. The van der Waals surface area contributed by atoms with Gasteiger partial charge in [0.05, 0.1) is 11.7 Å². The number of sulfonamides is 1. The summed E-state index contributed by atoms with van der Waals surface area (Å²) >= 11 is 0. The van der Waals surface area contributed by atoms with Crippen LogP contribution < -0.4 is 0 Å². The minimum Gasteiger partial charge on any atom is -0.342 e. The van der Waals surface area contributed by atoms with Gasteiger partial charge in [-0.2, -0.15) is 0 Å². The second-order valence-corrected chi connectivity index (χ2v) is 9.80. The van der Waals surface area contributed by atoms with Crippen molar-refractivity contribution in [3.8, 4) is 0 Å². The molecule has 23 heavy (non-hydrogen) atoms. The van der Waals surface area contributed by atoms with E-state index in [9.17, 15) is 13.2 Å². The van der Waals surface area contributed by atoms with E-state index in [0.29, 0.717) is 19.5 Å². The van der Waals surface area contributed by atoms with Crippen LogP contribution in [0.4, 0.5) is 0 Å². The third-order valence-electron chi connectivity index (χ3n) is 6.14. The van der Waals surface area contributed by atoms with Crippen molar-refractivity contribution in [3.05, 3.63) is 0 Å². The van der Waals surface area contributed by atoms with Crippen molar-refractivity contribution < 1.29 is 13.2 Å². The lowest BCUT2D eigenvalue weighted by Crippen LogP contribution is -2.50. The van der Waals surface area contributed by atoms with Crippen molar-refractivity contribution in [2.75, 3.05) is 32.4 Å². The number of rotatable bonds is 4. The summed E-state index contributed by atoms with van der Waals surface area (Å²) < 4.78 is 25.1. The van der Waals surface area contributed by atoms with E-state index in [4.69, 9.17) is 0 Å². The Bertz CT molecular complexity index is 542. The van der Waals surface area contributed by atoms with E-state index in [2.05, 4.69) is 0 Å². The zero-order valence-corrected chi connectivity index (χ0v) is 15.1. The number of carbonyl (C=O) groups excluding carboxylic acids is 1. The van der Waals surface area contributed by atoms with Crippen LogP contribution in [0.15, 0.2) is 0 Å². The molecule has 2 heterocycles. The Morgan fingerprint density at radius 3 is 2.48 bits per heavy atom. The highest BCUT2D eigenvalue weighted by Crippen LogP contribution is 2.41. The highest BCUT2D eigenvalue weighted by Gasteiger charge is 2.50. The summed E-state index contributed by atoms with van der Waals surface area (Å²) in [7, 11) is -3.19. The standard InChI is InChI=1S/C17H30N2O3S/c1-23(21,22)19-13-10-17(14-19)9-5-11-18(16(17)20)12-8-15-6-3-2-4-7-15/h15H,2-14H2,1H3.